The molecular weight excluding hydrogens is 322 g/mol. The summed E-state index contributed by atoms with van der Waals surface area (Å²) in [6, 6.07) is 16.2. The maximum atomic E-state index is 12.7. The van der Waals surface area contributed by atoms with Crippen molar-refractivity contribution in [1.29, 1.82) is 0 Å². The Kier molecular flexibility index (Phi) is 5.21. The molecule has 1 aromatic heterocycles. The molecule has 1 heterocycles. The number of para-hydroxylation sites is 1. The van der Waals surface area contributed by atoms with Gasteiger partial charge in [0.2, 0.25) is 0 Å². The summed E-state index contributed by atoms with van der Waals surface area (Å²) >= 11 is 0. The van der Waals surface area contributed by atoms with Gasteiger partial charge in [-0.2, -0.15) is 0 Å². The van der Waals surface area contributed by atoms with Crippen molar-refractivity contribution < 1.29 is 4.79 Å². The van der Waals surface area contributed by atoms with Crippen LogP contribution in [-0.2, 0) is 0 Å². The molecule has 2 N–H and O–H groups in total. The second-order valence-corrected chi connectivity index (χ2v) is 7.10. The Bertz CT molecular complexity index is 917. The number of hydrogen-bond donors (Lipinski definition) is 2. The predicted molar refractivity (Wildman–Crippen MR) is 108 cm³/mol. The van der Waals surface area contributed by atoms with Crippen LogP contribution in [0.4, 0.5) is 11.4 Å². The van der Waals surface area contributed by atoms with Gasteiger partial charge in [0.25, 0.3) is 5.91 Å². The summed E-state index contributed by atoms with van der Waals surface area (Å²) in [5.74, 6) is 0.278. The van der Waals surface area contributed by atoms with Gasteiger partial charge in [-0.05, 0) is 49.6 Å². The lowest BCUT2D eigenvalue weighted by molar-refractivity contribution is 0.0944. The molecule has 0 aliphatic carbocycles. The average molecular weight is 347 g/mol. The fourth-order valence-electron chi connectivity index (χ4n) is 2.88. The van der Waals surface area contributed by atoms with Gasteiger partial charge >= 0.3 is 0 Å². The number of carbonyl (C=O) groups is 1. The SMILES string of the molecule is CC(C)NC(=O)c1cnc2ccc(C(C)C)cc2c1Nc1ccccc1. The fraction of sp³-hybridized carbons (Fsp3) is 0.273. The van der Waals surface area contributed by atoms with Crippen molar-refractivity contribution in [3.05, 3.63) is 65.9 Å². The molecule has 0 aliphatic rings. The molecule has 0 atom stereocenters. The summed E-state index contributed by atoms with van der Waals surface area (Å²) in [4.78, 5) is 17.2. The van der Waals surface area contributed by atoms with E-state index in [0.29, 0.717) is 11.5 Å². The summed E-state index contributed by atoms with van der Waals surface area (Å²) < 4.78 is 0. The van der Waals surface area contributed by atoms with Crippen molar-refractivity contribution >= 4 is 28.2 Å². The van der Waals surface area contributed by atoms with Crippen LogP contribution in [0.2, 0.25) is 0 Å². The first kappa shape index (κ1) is 17.9. The van der Waals surface area contributed by atoms with E-state index in [1.54, 1.807) is 6.20 Å². The average Bonchev–Trinajstić information content (AvgIpc) is 2.61. The zero-order valence-corrected chi connectivity index (χ0v) is 15.7. The second-order valence-electron chi connectivity index (χ2n) is 7.10. The lowest BCUT2D eigenvalue weighted by Gasteiger charge is -2.17. The van der Waals surface area contributed by atoms with Crippen molar-refractivity contribution in [1.82, 2.24) is 10.3 Å². The lowest BCUT2D eigenvalue weighted by atomic mass is 9.99. The number of nitrogens with zero attached hydrogens (tertiary/aromatic N) is 1. The third-order valence-corrected chi connectivity index (χ3v) is 4.27. The Morgan fingerprint density at radius 3 is 2.38 bits per heavy atom. The fourth-order valence-corrected chi connectivity index (χ4v) is 2.88. The van der Waals surface area contributed by atoms with Crippen molar-refractivity contribution in [2.45, 2.75) is 39.7 Å². The largest absolute Gasteiger partial charge is 0.354 e. The van der Waals surface area contributed by atoms with Crippen LogP contribution < -0.4 is 10.6 Å². The zero-order valence-electron chi connectivity index (χ0n) is 15.7. The number of amides is 1. The van der Waals surface area contributed by atoms with E-state index in [9.17, 15) is 4.79 Å². The van der Waals surface area contributed by atoms with Gasteiger partial charge < -0.3 is 10.6 Å². The van der Waals surface area contributed by atoms with Crippen LogP contribution in [0.15, 0.2) is 54.7 Å². The highest BCUT2D eigenvalue weighted by atomic mass is 16.1. The Hall–Kier alpha value is -2.88. The predicted octanol–water partition coefficient (Wildman–Crippen LogP) is 5.24. The van der Waals surface area contributed by atoms with Crippen molar-refractivity contribution in [3.63, 3.8) is 0 Å². The van der Waals surface area contributed by atoms with Crippen LogP contribution in [0.5, 0.6) is 0 Å². The van der Waals surface area contributed by atoms with Gasteiger partial charge in [-0.15, -0.1) is 0 Å². The van der Waals surface area contributed by atoms with Gasteiger partial charge in [0, 0.05) is 23.3 Å². The van der Waals surface area contributed by atoms with Crippen LogP contribution in [0.1, 0.15) is 49.5 Å². The van der Waals surface area contributed by atoms with Crippen LogP contribution in [0.25, 0.3) is 10.9 Å². The van der Waals surface area contributed by atoms with Crippen LogP contribution >= 0.6 is 0 Å². The molecule has 0 unspecified atom stereocenters. The van der Waals surface area contributed by atoms with Gasteiger partial charge in [0.1, 0.15) is 0 Å². The molecule has 3 aromatic rings. The standard InChI is InChI=1S/C22H25N3O/c1-14(2)16-10-11-20-18(12-16)21(25-17-8-6-5-7-9-17)19(13-23-20)22(26)24-15(3)4/h5-15H,1-4H3,(H,23,25)(H,24,26). The minimum Gasteiger partial charge on any atom is -0.354 e. The first-order chi connectivity index (χ1) is 12.5. The molecule has 0 spiro atoms. The van der Waals surface area contributed by atoms with Crippen LogP contribution in [0.3, 0.4) is 0 Å². The van der Waals surface area contributed by atoms with E-state index >= 15 is 0 Å². The number of hydrogen-bond acceptors (Lipinski definition) is 3. The Balaban J connectivity index is 2.18. The van der Waals surface area contributed by atoms with Gasteiger partial charge in [-0.3, -0.25) is 9.78 Å². The van der Waals surface area contributed by atoms with Crippen molar-refractivity contribution in [2.75, 3.05) is 5.32 Å². The third kappa shape index (κ3) is 3.85. The highest BCUT2D eigenvalue weighted by Gasteiger charge is 2.17. The van der Waals surface area contributed by atoms with E-state index in [-0.39, 0.29) is 11.9 Å². The molecule has 0 fully saturated rings. The third-order valence-electron chi connectivity index (χ3n) is 4.27. The van der Waals surface area contributed by atoms with Crippen molar-refractivity contribution in [3.8, 4) is 0 Å². The topological polar surface area (TPSA) is 54.0 Å². The highest BCUT2D eigenvalue weighted by molar-refractivity contribution is 6.08. The van der Waals surface area contributed by atoms with Crippen LogP contribution in [0, 0.1) is 0 Å². The monoisotopic (exact) mass is 347 g/mol. The minimum absolute atomic E-state index is 0.0600. The Labute approximate surface area is 154 Å². The highest BCUT2D eigenvalue weighted by Crippen LogP contribution is 2.31. The normalized spacial score (nSPS) is 11.2. The molecule has 0 saturated heterocycles. The van der Waals surface area contributed by atoms with E-state index in [1.165, 1.54) is 5.56 Å². The van der Waals surface area contributed by atoms with Gasteiger partial charge in [-0.1, -0.05) is 38.1 Å². The molecule has 4 nitrogen and oxygen atoms in total. The molecule has 1 amide bonds. The summed E-state index contributed by atoms with van der Waals surface area (Å²) in [6.07, 6.45) is 1.65. The number of nitrogens with one attached hydrogen (secondary N) is 2. The van der Waals surface area contributed by atoms with E-state index < -0.39 is 0 Å². The minimum atomic E-state index is -0.122. The maximum Gasteiger partial charge on any atom is 0.255 e. The number of rotatable bonds is 5. The Morgan fingerprint density at radius 2 is 1.73 bits per heavy atom. The molecule has 0 saturated carbocycles. The maximum absolute atomic E-state index is 12.7. The van der Waals surface area contributed by atoms with Gasteiger partial charge in [-0.25, -0.2) is 0 Å². The van der Waals surface area contributed by atoms with E-state index in [4.69, 9.17) is 0 Å². The molecule has 26 heavy (non-hydrogen) atoms. The number of pyridine rings is 1. The lowest BCUT2D eigenvalue weighted by Crippen LogP contribution is -2.30. The summed E-state index contributed by atoms with van der Waals surface area (Å²) in [7, 11) is 0. The molecule has 3 rings (SSSR count). The molecule has 2 aromatic carbocycles. The molecule has 0 bridgehead atoms. The van der Waals surface area contributed by atoms with Crippen molar-refractivity contribution in [2.24, 2.45) is 0 Å². The summed E-state index contributed by atoms with van der Waals surface area (Å²) in [6.45, 7) is 8.23. The van der Waals surface area contributed by atoms with E-state index in [1.807, 2.05) is 50.2 Å². The summed E-state index contributed by atoms with van der Waals surface area (Å²) in [5, 5.41) is 7.36. The first-order valence-electron chi connectivity index (χ1n) is 9.01. The Morgan fingerprint density at radius 1 is 1.00 bits per heavy atom. The number of benzene rings is 2. The number of carbonyl (C=O) groups excluding carboxylic acids is 1. The van der Waals surface area contributed by atoms with Crippen LogP contribution in [-0.4, -0.2) is 16.9 Å². The second kappa shape index (κ2) is 7.56. The summed E-state index contributed by atoms with van der Waals surface area (Å²) in [5.41, 5.74) is 4.37. The molecular formula is C22H25N3O. The molecule has 134 valence electrons. The molecule has 0 radical (unpaired) electrons. The number of fused-ring (bicyclic) bond motifs is 1. The smallest absolute Gasteiger partial charge is 0.255 e. The van der Waals surface area contributed by atoms with E-state index in [2.05, 4.69) is 41.6 Å². The van der Waals surface area contributed by atoms with Gasteiger partial charge in [0.15, 0.2) is 0 Å². The van der Waals surface area contributed by atoms with E-state index in [0.717, 1.165) is 22.3 Å². The first-order valence-corrected chi connectivity index (χ1v) is 9.01. The number of anilines is 2. The quantitative estimate of drug-likeness (QED) is 0.663. The zero-order chi connectivity index (χ0) is 18.7. The molecule has 0 aliphatic heterocycles. The number of aromatic nitrogens is 1. The molecule has 4 heteroatoms. The van der Waals surface area contributed by atoms with Gasteiger partial charge in [0.05, 0.1) is 16.8 Å².